The van der Waals surface area contributed by atoms with Crippen LogP contribution in [0.4, 0.5) is 4.79 Å². The van der Waals surface area contributed by atoms with E-state index < -0.39 is 5.60 Å². The first-order chi connectivity index (χ1) is 8.83. The maximum Gasteiger partial charge on any atom is 0.410 e. The van der Waals surface area contributed by atoms with Gasteiger partial charge in [-0.3, -0.25) is 0 Å². The van der Waals surface area contributed by atoms with Crippen LogP contribution < -0.4 is 5.32 Å². The number of ether oxygens (including phenoxy) is 1. The van der Waals surface area contributed by atoms with Crippen LogP contribution in [-0.4, -0.2) is 53.5 Å². The molecule has 0 radical (unpaired) electrons. The van der Waals surface area contributed by atoms with Crippen LogP contribution in [0.15, 0.2) is 0 Å². The van der Waals surface area contributed by atoms with Crippen molar-refractivity contribution in [2.24, 2.45) is 0 Å². The van der Waals surface area contributed by atoms with Gasteiger partial charge < -0.3 is 20.1 Å². The molecule has 5 nitrogen and oxygen atoms in total. The molecule has 2 unspecified atom stereocenters. The molecule has 0 saturated carbocycles. The molecular weight excluding hydrogens is 244 g/mol. The van der Waals surface area contributed by atoms with Gasteiger partial charge in [0.15, 0.2) is 0 Å². The maximum atomic E-state index is 12.1. The fourth-order valence-corrected chi connectivity index (χ4v) is 2.17. The summed E-state index contributed by atoms with van der Waals surface area (Å²) < 4.78 is 5.41. The van der Waals surface area contributed by atoms with Crippen LogP contribution in [0.1, 0.15) is 47.0 Å². The van der Waals surface area contributed by atoms with Crippen molar-refractivity contribution in [2.75, 3.05) is 19.6 Å². The molecule has 1 rings (SSSR count). The van der Waals surface area contributed by atoms with E-state index in [1.165, 1.54) is 0 Å². The van der Waals surface area contributed by atoms with Crippen molar-refractivity contribution in [3.8, 4) is 0 Å². The molecule has 1 heterocycles. The van der Waals surface area contributed by atoms with Gasteiger partial charge in [0.1, 0.15) is 5.60 Å². The summed E-state index contributed by atoms with van der Waals surface area (Å²) in [4.78, 5) is 13.9. The van der Waals surface area contributed by atoms with Gasteiger partial charge in [-0.2, -0.15) is 0 Å². The average molecular weight is 272 g/mol. The molecule has 5 heteroatoms. The van der Waals surface area contributed by atoms with Gasteiger partial charge in [0, 0.05) is 25.7 Å². The van der Waals surface area contributed by atoms with E-state index in [2.05, 4.69) is 5.32 Å². The van der Waals surface area contributed by atoms with E-state index in [1.807, 2.05) is 27.7 Å². The van der Waals surface area contributed by atoms with Crippen molar-refractivity contribution in [3.05, 3.63) is 0 Å². The minimum absolute atomic E-state index is 0.180. The molecule has 112 valence electrons. The lowest BCUT2D eigenvalue weighted by atomic mass is 10.2. The number of hydrogen-bond acceptors (Lipinski definition) is 4. The molecule has 19 heavy (non-hydrogen) atoms. The molecule has 1 saturated heterocycles. The first-order valence-electron chi connectivity index (χ1n) is 7.22. The third kappa shape index (κ3) is 5.78. The number of rotatable bonds is 5. The second-order valence-corrected chi connectivity index (χ2v) is 6.19. The lowest BCUT2D eigenvalue weighted by molar-refractivity contribution is 0.0225. The highest BCUT2D eigenvalue weighted by molar-refractivity contribution is 5.69. The summed E-state index contributed by atoms with van der Waals surface area (Å²) in [5.74, 6) is 0. The number of nitrogens with zero attached hydrogens (tertiary/aromatic N) is 1. The van der Waals surface area contributed by atoms with Crippen molar-refractivity contribution < 1.29 is 14.6 Å². The summed E-state index contributed by atoms with van der Waals surface area (Å²) in [5, 5.41) is 12.7. The molecule has 0 aromatic rings. The zero-order valence-electron chi connectivity index (χ0n) is 12.6. The number of nitrogens with one attached hydrogen (secondary N) is 1. The van der Waals surface area contributed by atoms with Gasteiger partial charge in [-0.15, -0.1) is 0 Å². The highest BCUT2D eigenvalue weighted by Crippen LogP contribution is 2.20. The van der Waals surface area contributed by atoms with E-state index in [1.54, 1.807) is 4.90 Å². The lowest BCUT2D eigenvalue weighted by Crippen LogP contribution is -2.45. The monoisotopic (exact) mass is 272 g/mol. The zero-order chi connectivity index (χ0) is 14.5. The number of aliphatic hydroxyl groups excluding tert-OH is 1. The Morgan fingerprint density at radius 3 is 2.79 bits per heavy atom. The van der Waals surface area contributed by atoms with E-state index in [4.69, 9.17) is 4.74 Å². The predicted octanol–water partition coefficient (Wildman–Crippen LogP) is 1.75. The maximum absolute atomic E-state index is 12.1. The zero-order valence-corrected chi connectivity index (χ0v) is 12.6. The second-order valence-electron chi connectivity index (χ2n) is 6.19. The highest BCUT2D eigenvalue weighted by Gasteiger charge is 2.31. The Morgan fingerprint density at radius 1 is 1.53 bits per heavy atom. The molecule has 0 aromatic carbocycles. The van der Waals surface area contributed by atoms with Crippen molar-refractivity contribution >= 4 is 6.09 Å². The molecule has 1 fully saturated rings. The number of aliphatic hydroxyl groups is 1. The Bertz CT molecular complexity index is 289. The van der Waals surface area contributed by atoms with Crippen molar-refractivity contribution in [1.29, 1.82) is 0 Å². The topological polar surface area (TPSA) is 61.8 Å². The van der Waals surface area contributed by atoms with E-state index in [0.29, 0.717) is 6.54 Å². The molecule has 1 aliphatic rings. The van der Waals surface area contributed by atoms with Crippen molar-refractivity contribution in [3.63, 3.8) is 0 Å². The van der Waals surface area contributed by atoms with Gasteiger partial charge in [-0.05, 0) is 40.0 Å². The van der Waals surface area contributed by atoms with E-state index in [-0.39, 0.29) is 18.2 Å². The van der Waals surface area contributed by atoms with E-state index in [0.717, 1.165) is 32.4 Å². The third-order valence-corrected chi connectivity index (χ3v) is 3.24. The number of carbonyl (C=O) groups excluding carboxylic acids is 1. The molecule has 0 aliphatic carbocycles. The van der Waals surface area contributed by atoms with Crippen LogP contribution in [0.5, 0.6) is 0 Å². The fraction of sp³-hybridized carbons (Fsp3) is 0.929. The first-order valence-corrected chi connectivity index (χ1v) is 7.22. The summed E-state index contributed by atoms with van der Waals surface area (Å²) in [6, 6.07) is 0.180. The first kappa shape index (κ1) is 16.2. The number of amides is 1. The normalized spacial score (nSPS) is 21.5. The average Bonchev–Trinajstić information content (AvgIpc) is 2.75. The third-order valence-electron chi connectivity index (χ3n) is 3.24. The summed E-state index contributed by atoms with van der Waals surface area (Å²) in [6.07, 6.45) is 2.22. The van der Waals surface area contributed by atoms with E-state index >= 15 is 0 Å². The molecule has 0 spiro atoms. The van der Waals surface area contributed by atoms with Gasteiger partial charge in [0.05, 0.1) is 6.10 Å². The molecular formula is C14H28N2O3. The molecule has 1 aliphatic heterocycles. The molecule has 2 atom stereocenters. The van der Waals surface area contributed by atoms with Crippen LogP contribution in [0, 0.1) is 0 Å². The molecule has 2 N–H and O–H groups in total. The number of likely N-dealkylation sites (tertiary alicyclic amines) is 1. The van der Waals surface area contributed by atoms with Crippen molar-refractivity contribution in [2.45, 2.75) is 64.7 Å². The standard InChI is InChI=1S/C14H28N2O3/c1-5-12(17)10-15-9-11-7-6-8-16(11)13(18)19-14(2,3)4/h11-12,15,17H,5-10H2,1-4H3. The highest BCUT2D eigenvalue weighted by atomic mass is 16.6. The Hall–Kier alpha value is -0.810. The predicted molar refractivity (Wildman–Crippen MR) is 75.1 cm³/mol. The van der Waals surface area contributed by atoms with Gasteiger partial charge in [0.2, 0.25) is 0 Å². The van der Waals surface area contributed by atoms with Crippen LogP contribution in [0.3, 0.4) is 0 Å². The van der Waals surface area contributed by atoms with E-state index in [9.17, 15) is 9.90 Å². The van der Waals surface area contributed by atoms with Crippen molar-refractivity contribution in [1.82, 2.24) is 10.2 Å². The Balaban J connectivity index is 2.39. The largest absolute Gasteiger partial charge is 0.444 e. The Morgan fingerprint density at radius 2 is 2.21 bits per heavy atom. The van der Waals surface area contributed by atoms with Gasteiger partial charge in [-0.25, -0.2) is 4.79 Å². The summed E-state index contributed by atoms with van der Waals surface area (Å²) in [7, 11) is 0. The summed E-state index contributed by atoms with van der Waals surface area (Å²) in [6.45, 7) is 9.65. The molecule has 1 amide bonds. The minimum atomic E-state index is -0.448. The van der Waals surface area contributed by atoms with Crippen LogP contribution in [0.2, 0.25) is 0 Å². The quantitative estimate of drug-likeness (QED) is 0.800. The smallest absolute Gasteiger partial charge is 0.410 e. The summed E-state index contributed by atoms with van der Waals surface area (Å²) >= 11 is 0. The number of carbonyl (C=O) groups is 1. The van der Waals surface area contributed by atoms with Crippen LogP contribution >= 0.6 is 0 Å². The minimum Gasteiger partial charge on any atom is -0.444 e. The molecule has 0 aromatic heterocycles. The Labute approximate surface area is 116 Å². The lowest BCUT2D eigenvalue weighted by Gasteiger charge is -2.29. The fourth-order valence-electron chi connectivity index (χ4n) is 2.17. The second kappa shape index (κ2) is 7.10. The van der Waals surface area contributed by atoms with Gasteiger partial charge in [-0.1, -0.05) is 6.92 Å². The SMILES string of the molecule is CCC(O)CNCC1CCCN1C(=O)OC(C)(C)C. The molecule has 0 bridgehead atoms. The number of hydrogen-bond donors (Lipinski definition) is 2. The van der Waals surface area contributed by atoms with Crippen LogP contribution in [-0.2, 0) is 4.74 Å². The Kier molecular flexibility index (Phi) is 6.07. The van der Waals surface area contributed by atoms with Gasteiger partial charge in [0.25, 0.3) is 0 Å². The van der Waals surface area contributed by atoms with Crippen LogP contribution in [0.25, 0.3) is 0 Å². The summed E-state index contributed by atoms with van der Waals surface area (Å²) in [5.41, 5.74) is -0.448. The van der Waals surface area contributed by atoms with Gasteiger partial charge >= 0.3 is 6.09 Å².